The molecule has 0 amide bonds. The highest BCUT2D eigenvalue weighted by Gasteiger charge is 2.17. The van der Waals surface area contributed by atoms with Crippen LogP contribution in [0.4, 0.5) is 4.39 Å². The summed E-state index contributed by atoms with van der Waals surface area (Å²) in [6.07, 6.45) is 2.93. The van der Waals surface area contributed by atoms with E-state index in [1.807, 2.05) is 12.3 Å². The van der Waals surface area contributed by atoms with Crippen LogP contribution in [0.2, 0.25) is 0 Å². The third kappa shape index (κ3) is 3.07. The van der Waals surface area contributed by atoms with E-state index < -0.39 is 0 Å². The van der Waals surface area contributed by atoms with Crippen molar-refractivity contribution < 1.29 is 4.39 Å². The topological polar surface area (TPSA) is 29.9 Å². The molecule has 1 N–H and O–H groups in total. The van der Waals surface area contributed by atoms with Gasteiger partial charge in [-0.2, -0.15) is 5.10 Å². The number of hydrogen-bond donors (Lipinski definition) is 1. The highest BCUT2D eigenvalue weighted by atomic mass is 19.1. The molecule has 0 fully saturated rings. The molecule has 0 bridgehead atoms. The lowest BCUT2D eigenvalue weighted by Gasteiger charge is -2.13. The number of rotatable bonds is 6. The summed E-state index contributed by atoms with van der Waals surface area (Å²) < 4.78 is 15.7. The second-order valence-electron chi connectivity index (χ2n) is 5.25. The number of halogens is 1. The fraction of sp³-hybridized carbons (Fsp3) is 0.438. The number of benzene rings is 1. The Kier molecular flexibility index (Phi) is 4.90. The van der Waals surface area contributed by atoms with Crippen LogP contribution in [0.15, 0.2) is 30.5 Å². The molecule has 0 aliphatic carbocycles. The lowest BCUT2D eigenvalue weighted by atomic mass is 10.1. The minimum atomic E-state index is -0.245. The molecule has 0 spiro atoms. The van der Waals surface area contributed by atoms with Crippen LogP contribution >= 0.6 is 0 Å². The molecular weight excluding hydrogens is 253 g/mol. The summed E-state index contributed by atoms with van der Waals surface area (Å²) in [6.45, 7) is 8.10. The van der Waals surface area contributed by atoms with Gasteiger partial charge >= 0.3 is 0 Å². The highest BCUT2D eigenvalue weighted by molar-refractivity contribution is 5.37. The van der Waals surface area contributed by atoms with Gasteiger partial charge in [-0.05, 0) is 31.0 Å². The normalized spacial score (nSPS) is 11.2. The maximum Gasteiger partial charge on any atom is 0.148 e. The van der Waals surface area contributed by atoms with Crippen molar-refractivity contribution in [1.82, 2.24) is 15.1 Å². The Morgan fingerprint density at radius 2 is 2.05 bits per heavy atom. The summed E-state index contributed by atoms with van der Waals surface area (Å²) in [7, 11) is 0. The molecule has 1 aromatic heterocycles. The molecule has 3 nitrogen and oxygen atoms in total. The molecule has 4 heteroatoms. The van der Waals surface area contributed by atoms with Crippen molar-refractivity contribution in [3.05, 3.63) is 47.5 Å². The second kappa shape index (κ2) is 6.66. The van der Waals surface area contributed by atoms with E-state index in [2.05, 4.69) is 31.2 Å². The van der Waals surface area contributed by atoms with E-state index in [9.17, 15) is 4.39 Å². The van der Waals surface area contributed by atoms with Gasteiger partial charge in [0, 0.05) is 12.1 Å². The molecule has 0 saturated heterocycles. The minimum absolute atomic E-state index is 0.245. The SMILES string of the molecule is CCCNCc1cnn(-c2ccccc2F)c1C(C)C. The Hall–Kier alpha value is -1.68. The van der Waals surface area contributed by atoms with Gasteiger partial charge < -0.3 is 5.32 Å². The molecule has 0 atom stereocenters. The first-order chi connectivity index (χ1) is 9.65. The molecule has 1 aromatic carbocycles. The van der Waals surface area contributed by atoms with E-state index in [4.69, 9.17) is 0 Å². The first-order valence-corrected chi connectivity index (χ1v) is 7.17. The predicted molar refractivity (Wildman–Crippen MR) is 79.6 cm³/mol. The zero-order valence-corrected chi connectivity index (χ0v) is 12.4. The van der Waals surface area contributed by atoms with E-state index >= 15 is 0 Å². The van der Waals surface area contributed by atoms with Crippen LogP contribution in [-0.4, -0.2) is 16.3 Å². The molecule has 0 radical (unpaired) electrons. The van der Waals surface area contributed by atoms with E-state index in [1.165, 1.54) is 6.07 Å². The molecule has 0 aliphatic heterocycles. The molecule has 2 aromatic rings. The summed E-state index contributed by atoms with van der Waals surface area (Å²) in [5.41, 5.74) is 2.72. The van der Waals surface area contributed by atoms with Crippen LogP contribution in [0.25, 0.3) is 5.69 Å². The molecule has 1 heterocycles. The Balaban J connectivity index is 2.37. The Morgan fingerprint density at radius 1 is 1.30 bits per heavy atom. The first-order valence-electron chi connectivity index (χ1n) is 7.17. The maximum atomic E-state index is 14.0. The van der Waals surface area contributed by atoms with Gasteiger partial charge in [-0.15, -0.1) is 0 Å². The van der Waals surface area contributed by atoms with Crippen molar-refractivity contribution >= 4 is 0 Å². The van der Waals surface area contributed by atoms with E-state index in [0.717, 1.165) is 30.8 Å². The Bertz CT molecular complexity index is 561. The van der Waals surface area contributed by atoms with Gasteiger partial charge in [0.1, 0.15) is 11.5 Å². The zero-order chi connectivity index (χ0) is 14.5. The quantitative estimate of drug-likeness (QED) is 0.816. The van der Waals surface area contributed by atoms with Crippen LogP contribution in [0.1, 0.15) is 44.4 Å². The second-order valence-corrected chi connectivity index (χ2v) is 5.25. The van der Waals surface area contributed by atoms with Crippen molar-refractivity contribution in [2.75, 3.05) is 6.54 Å². The Morgan fingerprint density at radius 3 is 2.70 bits per heavy atom. The van der Waals surface area contributed by atoms with Gasteiger partial charge in [-0.3, -0.25) is 0 Å². The van der Waals surface area contributed by atoms with Crippen molar-refractivity contribution in [1.29, 1.82) is 0 Å². The summed E-state index contributed by atoms with van der Waals surface area (Å²) in [5, 5.41) is 7.76. The van der Waals surface area contributed by atoms with Crippen LogP contribution in [0.5, 0.6) is 0 Å². The number of hydrogen-bond acceptors (Lipinski definition) is 2. The van der Waals surface area contributed by atoms with Gasteiger partial charge in [0.25, 0.3) is 0 Å². The maximum absolute atomic E-state index is 14.0. The van der Waals surface area contributed by atoms with Crippen molar-refractivity contribution in [2.45, 2.75) is 39.7 Å². The third-order valence-electron chi connectivity index (χ3n) is 3.26. The fourth-order valence-electron chi connectivity index (χ4n) is 2.36. The minimum Gasteiger partial charge on any atom is -0.313 e. The highest BCUT2D eigenvalue weighted by Crippen LogP contribution is 2.24. The fourth-order valence-corrected chi connectivity index (χ4v) is 2.36. The predicted octanol–water partition coefficient (Wildman–Crippen LogP) is 3.63. The van der Waals surface area contributed by atoms with Crippen molar-refractivity contribution in [3.8, 4) is 5.69 Å². The third-order valence-corrected chi connectivity index (χ3v) is 3.26. The van der Waals surface area contributed by atoms with Crippen molar-refractivity contribution in [2.24, 2.45) is 0 Å². The van der Waals surface area contributed by atoms with Crippen LogP contribution in [0.3, 0.4) is 0 Å². The van der Waals surface area contributed by atoms with E-state index in [0.29, 0.717) is 5.69 Å². The van der Waals surface area contributed by atoms with Crippen LogP contribution in [-0.2, 0) is 6.54 Å². The van der Waals surface area contributed by atoms with E-state index in [-0.39, 0.29) is 11.7 Å². The number of nitrogens with zero attached hydrogens (tertiary/aromatic N) is 2. The van der Waals surface area contributed by atoms with Crippen LogP contribution < -0.4 is 5.32 Å². The van der Waals surface area contributed by atoms with Gasteiger partial charge in [0.05, 0.1) is 11.9 Å². The van der Waals surface area contributed by atoms with Gasteiger partial charge in [-0.1, -0.05) is 32.9 Å². The number of nitrogens with one attached hydrogen (secondary N) is 1. The lowest BCUT2D eigenvalue weighted by Crippen LogP contribution is -2.16. The first kappa shape index (κ1) is 14.7. The monoisotopic (exact) mass is 275 g/mol. The standard InChI is InChI=1S/C16H22FN3/c1-4-9-18-10-13-11-19-20(16(13)12(2)3)15-8-6-5-7-14(15)17/h5-8,11-12,18H,4,9-10H2,1-3H3. The molecule has 0 unspecified atom stereocenters. The van der Waals surface area contributed by atoms with Gasteiger partial charge in [-0.25, -0.2) is 9.07 Å². The molecule has 2 rings (SSSR count). The Labute approximate surface area is 119 Å². The molecule has 0 aliphatic rings. The number of para-hydroxylation sites is 1. The smallest absolute Gasteiger partial charge is 0.148 e. The van der Waals surface area contributed by atoms with Gasteiger partial charge in [0.15, 0.2) is 0 Å². The van der Waals surface area contributed by atoms with Crippen LogP contribution in [0, 0.1) is 5.82 Å². The average Bonchev–Trinajstić information content (AvgIpc) is 2.83. The number of aromatic nitrogens is 2. The average molecular weight is 275 g/mol. The van der Waals surface area contributed by atoms with E-state index in [1.54, 1.807) is 16.8 Å². The summed E-state index contributed by atoms with van der Waals surface area (Å²) in [4.78, 5) is 0. The summed E-state index contributed by atoms with van der Waals surface area (Å²) in [6, 6.07) is 6.76. The molecule has 20 heavy (non-hydrogen) atoms. The summed E-state index contributed by atoms with van der Waals surface area (Å²) >= 11 is 0. The lowest BCUT2D eigenvalue weighted by molar-refractivity contribution is 0.600. The molecular formula is C16H22FN3. The molecule has 108 valence electrons. The zero-order valence-electron chi connectivity index (χ0n) is 12.4. The largest absolute Gasteiger partial charge is 0.313 e. The van der Waals surface area contributed by atoms with Crippen molar-refractivity contribution in [3.63, 3.8) is 0 Å². The van der Waals surface area contributed by atoms with Gasteiger partial charge in [0.2, 0.25) is 0 Å². The summed E-state index contributed by atoms with van der Waals surface area (Å²) in [5.74, 6) is 0.0427. The molecule has 0 saturated carbocycles.